The van der Waals surface area contributed by atoms with Gasteiger partial charge in [-0.1, -0.05) is 18.2 Å². The van der Waals surface area contributed by atoms with Gasteiger partial charge in [-0.25, -0.2) is 9.97 Å². The van der Waals surface area contributed by atoms with Crippen molar-refractivity contribution < 1.29 is 4.79 Å². The number of rotatable bonds is 2. The molecule has 1 aromatic heterocycles. The Hall–Kier alpha value is -3.26. The SMILES string of the molecule is N#Cc1ccc2c(C3CCN(C(=O)c4ccccc4)CC3)ncnc2c1. The predicted octanol–water partition coefficient (Wildman–Crippen LogP) is 3.52. The van der Waals surface area contributed by atoms with E-state index in [4.69, 9.17) is 5.26 Å². The molecule has 0 unspecified atom stereocenters. The molecule has 1 aliphatic heterocycles. The van der Waals surface area contributed by atoms with Crippen LogP contribution in [0.15, 0.2) is 54.9 Å². The van der Waals surface area contributed by atoms with E-state index in [0.717, 1.165) is 48.1 Å². The molecule has 0 saturated carbocycles. The summed E-state index contributed by atoms with van der Waals surface area (Å²) in [5, 5.41) is 10.1. The molecule has 0 bridgehead atoms. The third-order valence-electron chi connectivity index (χ3n) is 4.99. The Morgan fingerprint density at radius 3 is 2.58 bits per heavy atom. The molecule has 0 radical (unpaired) electrons. The molecular weight excluding hydrogens is 324 g/mol. The first-order valence-electron chi connectivity index (χ1n) is 8.75. The molecule has 1 fully saturated rings. The number of likely N-dealkylation sites (tertiary alicyclic amines) is 1. The van der Waals surface area contributed by atoms with E-state index in [1.807, 2.05) is 47.4 Å². The average Bonchev–Trinajstić information content (AvgIpc) is 2.73. The minimum absolute atomic E-state index is 0.0928. The summed E-state index contributed by atoms with van der Waals surface area (Å²) in [5.41, 5.74) is 3.16. The first kappa shape index (κ1) is 16.2. The van der Waals surface area contributed by atoms with E-state index in [-0.39, 0.29) is 5.91 Å². The Bertz CT molecular complexity index is 986. The number of nitrogens with zero attached hydrogens (tertiary/aromatic N) is 4. The summed E-state index contributed by atoms with van der Waals surface area (Å²) in [5.74, 6) is 0.392. The summed E-state index contributed by atoms with van der Waals surface area (Å²) in [6.45, 7) is 1.44. The number of carbonyl (C=O) groups is 1. The number of piperidine rings is 1. The Kier molecular flexibility index (Phi) is 4.32. The van der Waals surface area contributed by atoms with Crippen LogP contribution in [0.5, 0.6) is 0 Å². The van der Waals surface area contributed by atoms with Gasteiger partial charge in [-0.05, 0) is 43.2 Å². The fraction of sp³-hybridized carbons (Fsp3) is 0.238. The molecule has 0 atom stereocenters. The maximum Gasteiger partial charge on any atom is 0.253 e. The fourth-order valence-corrected chi connectivity index (χ4v) is 3.59. The van der Waals surface area contributed by atoms with E-state index in [1.54, 1.807) is 12.4 Å². The van der Waals surface area contributed by atoms with Gasteiger partial charge in [0.2, 0.25) is 0 Å². The van der Waals surface area contributed by atoms with E-state index in [2.05, 4.69) is 16.0 Å². The number of carbonyl (C=O) groups excluding carboxylic acids is 1. The van der Waals surface area contributed by atoms with Crippen LogP contribution in [-0.4, -0.2) is 33.9 Å². The van der Waals surface area contributed by atoms with E-state index in [9.17, 15) is 4.79 Å². The summed E-state index contributed by atoms with van der Waals surface area (Å²) in [6.07, 6.45) is 3.33. The normalized spacial score (nSPS) is 15.0. The number of aromatic nitrogens is 2. The average molecular weight is 342 g/mol. The van der Waals surface area contributed by atoms with Gasteiger partial charge in [0.15, 0.2) is 0 Å². The van der Waals surface area contributed by atoms with Crippen LogP contribution in [0.2, 0.25) is 0 Å². The molecule has 0 aliphatic carbocycles. The number of amides is 1. The largest absolute Gasteiger partial charge is 0.339 e. The van der Waals surface area contributed by atoms with E-state index < -0.39 is 0 Å². The Balaban J connectivity index is 1.53. The lowest BCUT2D eigenvalue weighted by Gasteiger charge is -2.32. The Morgan fingerprint density at radius 1 is 1.08 bits per heavy atom. The van der Waals surface area contributed by atoms with Crippen molar-refractivity contribution in [2.24, 2.45) is 0 Å². The Labute approximate surface area is 151 Å². The molecule has 2 aromatic carbocycles. The van der Waals surface area contributed by atoms with Crippen molar-refractivity contribution in [2.75, 3.05) is 13.1 Å². The molecule has 128 valence electrons. The number of nitriles is 1. The highest BCUT2D eigenvalue weighted by Crippen LogP contribution is 2.31. The smallest absolute Gasteiger partial charge is 0.253 e. The molecular formula is C21H18N4O. The molecule has 2 heterocycles. The zero-order valence-electron chi connectivity index (χ0n) is 14.3. The molecule has 26 heavy (non-hydrogen) atoms. The van der Waals surface area contributed by atoms with E-state index in [0.29, 0.717) is 11.5 Å². The standard InChI is InChI=1S/C21H18N4O/c22-13-15-6-7-18-19(12-15)23-14-24-20(18)16-8-10-25(11-9-16)21(26)17-4-2-1-3-5-17/h1-7,12,14,16H,8-11H2. The third kappa shape index (κ3) is 3.02. The van der Waals surface area contributed by atoms with Crippen molar-refractivity contribution in [3.63, 3.8) is 0 Å². The van der Waals surface area contributed by atoms with Crippen molar-refractivity contribution >= 4 is 16.8 Å². The maximum atomic E-state index is 12.6. The number of hydrogen-bond acceptors (Lipinski definition) is 4. The molecule has 5 heteroatoms. The second kappa shape index (κ2) is 6.93. The minimum Gasteiger partial charge on any atom is -0.339 e. The third-order valence-corrected chi connectivity index (χ3v) is 4.99. The molecule has 1 saturated heterocycles. The lowest BCUT2D eigenvalue weighted by Crippen LogP contribution is -2.38. The first-order chi connectivity index (χ1) is 12.8. The van der Waals surface area contributed by atoms with Crippen LogP contribution in [0.1, 0.15) is 40.4 Å². The van der Waals surface area contributed by atoms with Crippen LogP contribution in [0.3, 0.4) is 0 Å². The first-order valence-corrected chi connectivity index (χ1v) is 8.75. The van der Waals surface area contributed by atoms with Gasteiger partial charge in [0.05, 0.1) is 22.8 Å². The van der Waals surface area contributed by atoms with Crippen molar-refractivity contribution in [3.8, 4) is 6.07 Å². The van der Waals surface area contributed by atoms with Gasteiger partial charge in [0, 0.05) is 30.0 Å². The zero-order valence-corrected chi connectivity index (χ0v) is 14.3. The summed E-state index contributed by atoms with van der Waals surface area (Å²) in [6, 6.07) is 17.1. The van der Waals surface area contributed by atoms with Crippen LogP contribution >= 0.6 is 0 Å². The summed E-state index contributed by atoms with van der Waals surface area (Å²) >= 11 is 0. The summed E-state index contributed by atoms with van der Waals surface area (Å²) < 4.78 is 0. The van der Waals surface area contributed by atoms with Crippen molar-refractivity contribution in [2.45, 2.75) is 18.8 Å². The monoisotopic (exact) mass is 342 g/mol. The van der Waals surface area contributed by atoms with Crippen molar-refractivity contribution in [1.82, 2.24) is 14.9 Å². The maximum absolute atomic E-state index is 12.6. The second-order valence-electron chi connectivity index (χ2n) is 6.54. The number of benzene rings is 2. The highest BCUT2D eigenvalue weighted by Gasteiger charge is 2.26. The van der Waals surface area contributed by atoms with Crippen molar-refractivity contribution in [1.29, 1.82) is 5.26 Å². The lowest BCUT2D eigenvalue weighted by molar-refractivity contribution is 0.0712. The van der Waals surface area contributed by atoms with E-state index >= 15 is 0 Å². The highest BCUT2D eigenvalue weighted by atomic mass is 16.2. The minimum atomic E-state index is 0.0928. The quantitative estimate of drug-likeness (QED) is 0.714. The van der Waals surface area contributed by atoms with Gasteiger partial charge in [-0.2, -0.15) is 5.26 Å². The molecule has 4 rings (SSSR count). The number of fused-ring (bicyclic) bond motifs is 1. The lowest BCUT2D eigenvalue weighted by atomic mass is 9.90. The second-order valence-corrected chi connectivity index (χ2v) is 6.54. The van der Waals surface area contributed by atoms with Crippen molar-refractivity contribution in [3.05, 3.63) is 71.7 Å². The molecule has 5 nitrogen and oxygen atoms in total. The van der Waals surface area contributed by atoms with Gasteiger partial charge in [0.1, 0.15) is 6.33 Å². The number of hydrogen-bond donors (Lipinski definition) is 0. The highest BCUT2D eigenvalue weighted by molar-refractivity contribution is 5.94. The van der Waals surface area contributed by atoms with Gasteiger partial charge >= 0.3 is 0 Å². The van der Waals surface area contributed by atoms with Crippen LogP contribution in [0, 0.1) is 11.3 Å². The van der Waals surface area contributed by atoms with Crippen LogP contribution in [0.25, 0.3) is 10.9 Å². The van der Waals surface area contributed by atoms with Gasteiger partial charge < -0.3 is 4.90 Å². The molecule has 1 amide bonds. The summed E-state index contributed by atoms with van der Waals surface area (Å²) in [4.78, 5) is 23.3. The zero-order chi connectivity index (χ0) is 17.9. The molecule has 0 spiro atoms. The van der Waals surface area contributed by atoms with Gasteiger partial charge in [-0.3, -0.25) is 4.79 Å². The van der Waals surface area contributed by atoms with Crippen LogP contribution < -0.4 is 0 Å². The van der Waals surface area contributed by atoms with Gasteiger partial charge in [0.25, 0.3) is 5.91 Å². The fourth-order valence-electron chi connectivity index (χ4n) is 3.59. The topological polar surface area (TPSA) is 69.9 Å². The molecule has 1 aliphatic rings. The van der Waals surface area contributed by atoms with E-state index in [1.165, 1.54) is 0 Å². The predicted molar refractivity (Wildman–Crippen MR) is 98.6 cm³/mol. The summed E-state index contributed by atoms with van der Waals surface area (Å²) in [7, 11) is 0. The molecule has 3 aromatic rings. The molecule has 0 N–H and O–H groups in total. The Morgan fingerprint density at radius 2 is 1.85 bits per heavy atom. The van der Waals surface area contributed by atoms with Gasteiger partial charge in [-0.15, -0.1) is 0 Å². The van der Waals surface area contributed by atoms with Crippen LogP contribution in [0.4, 0.5) is 0 Å². The van der Waals surface area contributed by atoms with Crippen LogP contribution in [-0.2, 0) is 0 Å².